The Morgan fingerprint density at radius 1 is 0.738 bits per heavy atom. The molecule has 2 amide bonds. The van der Waals surface area contributed by atoms with Gasteiger partial charge in [-0.1, -0.05) is 78.9 Å². The molecule has 0 aliphatic carbocycles. The van der Waals surface area contributed by atoms with Crippen LogP contribution in [0.25, 0.3) is 34.3 Å². The second kappa shape index (κ2) is 11.1. The van der Waals surface area contributed by atoms with Gasteiger partial charge in [0.2, 0.25) is 0 Å². The zero-order valence-corrected chi connectivity index (χ0v) is 22.9. The molecule has 42 heavy (non-hydrogen) atoms. The quantitative estimate of drug-likeness (QED) is 0.141. The Labute approximate surface area is 247 Å². The van der Waals surface area contributed by atoms with E-state index in [4.69, 9.17) is 12.2 Å². The molecule has 1 saturated heterocycles. The van der Waals surface area contributed by atoms with Crippen LogP contribution in [0.4, 0.5) is 5.69 Å². The molecule has 1 aliphatic heterocycles. The van der Waals surface area contributed by atoms with E-state index in [9.17, 15) is 19.5 Å². The minimum Gasteiger partial charge on any atom is -0.478 e. The number of benzene rings is 4. The van der Waals surface area contributed by atoms with Crippen molar-refractivity contribution in [2.24, 2.45) is 0 Å². The predicted octanol–water partition coefficient (Wildman–Crippen LogP) is 6.34. The van der Waals surface area contributed by atoms with Gasteiger partial charge in [-0.3, -0.25) is 19.8 Å². The molecule has 0 saturated carbocycles. The standard InChI is InChI=1S/C34H23N3O4S/c38-31-28(32(39)37(34(42)35-31)27-18-16-24(17-19-27)33(40)41)20-25-21-29(22-10-4-1-5-11-22)36(26-14-8-3-9-15-26)30(25)23-12-6-2-7-13-23/h1-21H,(H,40,41)(H,35,38,42)/b28-20-. The van der Waals surface area contributed by atoms with Gasteiger partial charge in [-0.2, -0.15) is 0 Å². The van der Waals surface area contributed by atoms with Crippen LogP contribution in [-0.4, -0.2) is 32.6 Å². The van der Waals surface area contributed by atoms with Crippen molar-refractivity contribution in [3.05, 3.63) is 138 Å². The normalized spacial score (nSPS) is 14.2. The lowest BCUT2D eigenvalue weighted by Gasteiger charge is -2.29. The average Bonchev–Trinajstić information content (AvgIpc) is 3.40. The summed E-state index contributed by atoms with van der Waals surface area (Å²) in [6.45, 7) is 0. The Morgan fingerprint density at radius 3 is 1.90 bits per heavy atom. The van der Waals surface area contributed by atoms with Crippen LogP contribution in [0.5, 0.6) is 0 Å². The first-order valence-corrected chi connectivity index (χ1v) is 13.5. The second-order valence-corrected chi connectivity index (χ2v) is 9.93. The number of hydrogen-bond donors (Lipinski definition) is 2. The summed E-state index contributed by atoms with van der Waals surface area (Å²) in [5, 5.41) is 11.8. The number of anilines is 1. The lowest BCUT2D eigenvalue weighted by atomic mass is 10.0. The van der Waals surface area contributed by atoms with Gasteiger partial charge in [0.05, 0.1) is 22.6 Å². The fourth-order valence-electron chi connectivity index (χ4n) is 5.00. The molecule has 0 unspecified atom stereocenters. The zero-order chi connectivity index (χ0) is 29.2. The topological polar surface area (TPSA) is 91.6 Å². The number of rotatable bonds is 6. The molecule has 5 aromatic rings. The average molecular weight is 570 g/mol. The minimum atomic E-state index is -1.09. The van der Waals surface area contributed by atoms with Crippen molar-refractivity contribution in [3.63, 3.8) is 0 Å². The van der Waals surface area contributed by atoms with Gasteiger partial charge < -0.3 is 9.67 Å². The third-order valence-corrected chi connectivity index (χ3v) is 7.22. The first-order valence-electron chi connectivity index (χ1n) is 13.1. The lowest BCUT2D eigenvalue weighted by molar-refractivity contribution is -0.122. The van der Waals surface area contributed by atoms with E-state index in [0.29, 0.717) is 11.3 Å². The summed E-state index contributed by atoms with van der Waals surface area (Å²) >= 11 is 5.35. The molecule has 1 aromatic heterocycles. The molecular formula is C34H23N3O4S. The Kier molecular flexibility index (Phi) is 7.04. The van der Waals surface area contributed by atoms with Crippen LogP contribution in [0.2, 0.25) is 0 Å². The molecule has 0 spiro atoms. The summed E-state index contributed by atoms with van der Waals surface area (Å²) < 4.78 is 2.12. The third kappa shape index (κ3) is 4.91. The van der Waals surface area contributed by atoms with Gasteiger partial charge in [0.1, 0.15) is 5.57 Å². The molecule has 4 aromatic carbocycles. The first kappa shape index (κ1) is 26.6. The van der Waals surface area contributed by atoms with Crippen molar-refractivity contribution >= 4 is 46.9 Å². The molecule has 6 rings (SSSR count). The maximum absolute atomic E-state index is 13.8. The van der Waals surface area contributed by atoms with Gasteiger partial charge in [-0.05, 0) is 71.9 Å². The second-order valence-electron chi connectivity index (χ2n) is 9.55. The highest BCUT2D eigenvalue weighted by Crippen LogP contribution is 2.37. The maximum Gasteiger partial charge on any atom is 0.335 e. The number of carbonyl (C=O) groups excluding carboxylic acids is 2. The highest BCUT2D eigenvalue weighted by atomic mass is 32.1. The smallest absolute Gasteiger partial charge is 0.335 e. The van der Waals surface area contributed by atoms with Crippen LogP contribution in [0, 0.1) is 0 Å². The number of carboxylic acid groups (broad SMARTS) is 1. The molecule has 2 N–H and O–H groups in total. The molecule has 2 heterocycles. The van der Waals surface area contributed by atoms with Crippen LogP contribution in [0.3, 0.4) is 0 Å². The van der Waals surface area contributed by atoms with Crippen molar-refractivity contribution in [2.75, 3.05) is 4.90 Å². The number of carbonyl (C=O) groups is 3. The molecule has 0 atom stereocenters. The molecule has 0 radical (unpaired) electrons. The largest absolute Gasteiger partial charge is 0.478 e. The molecule has 8 heteroatoms. The van der Waals surface area contributed by atoms with E-state index < -0.39 is 17.8 Å². The highest BCUT2D eigenvalue weighted by Gasteiger charge is 2.35. The fraction of sp³-hybridized carbons (Fsp3) is 0. The Morgan fingerprint density at radius 2 is 1.31 bits per heavy atom. The number of aromatic nitrogens is 1. The van der Waals surface area contributed by atoms with Gasteiger partial charge in [0.15, 0.2) is 5.11 Å². The number of aromatic carboxylic acids is 1. The third-order valence-electron chi connectivity index (χ3n) is 6.94. The van der Waals surface area contributed by atoms with Gasteiger partial charge in [0, 0.05) is 11.3 Å². The van der Waals surface area contributed by atoms with Crippen molar-refractivity contribution in [2.45, 2.75) is 0 Å². The minimum absolute atomic E-state index is 0.0668. The number of nitrogens with one attached hydrogen (secondary N) is 1. The predicted molar refractivity (Wildman–Crippen MR) is 166 cm³/mol. The van der Waals surface area contributed by atoms with Gasteiger partial charge >= 0.3 is 5.97 Å². The highest BCUT2D eigenvalue weighted by molar-refractivity contribution is 7.80. The van der Waals surface area contributed by atoms with Gasteiger partial charge in [-0.25, -0.2) is 4.79 Å². The van der Waals surface area contributed by atoms with Crippen LogP contribution < -0.4 is 10.2 Å². The molecule has 1 fully saturated rings. The maximum atomic E-state index is 13.8. The number of hydrogen-bond acceptors (Lipinski definition) is 4. The van der Waals surface area contributed by atoms with E-state index in [1.165, 1.54) is 29.2 Å². The SMILES string of the molecule is O=C1NC(=S)N(c2ccc(C(=O)O)cc2)C(=O)/C1=C\c1cc(-c2ccccc2)n(-c2ccccc2)c1-c1ccccc1. The monoisotopic (exact) mass is 569 g/mol. The molecule has 0 bridgehead atoms. The molecular weight excluding hydrogens is 546 g/mol. The van der Waals surface area contributed by atoms with E-state index in [1.807, 2.05) is 97.1 Å². The number of thiocarbonyl (C=S) groups is 1. The van der Waals surface area contributed by atoms with Crippen LogP contribution in [-0.2, 0) is 9.59 Å². The van der Waals surface area contributed by atoms with E-state index in [0.717, 1.165) is 28.2 Å². The van der Waals surface area contributed by atoms with Crippen LogP contribution in [0.1, 0.15) is 15.9 Å². The number of carboxylic acids is 1. The van der Waals surface area contributed by atoms with Gasteiger partial charge in [-0.15, -0.1) is 0 Å². The van der Waals surface area contributed by atoms with Crippen LogP contribution in [0.15, 0.2) is 127 Å². The summed E-state index contributed by atoms with van der Waals surface area (Å²) in [5.74, 6) is -2.32. The van der Waals surface area contributed by atoms with E-state index in [-0.39, 0.29) is 16.2 Å². The molecule has 7 nitrogen and oxygen atoms in total. The molecule has 1 aliphatic rings. The zero-order valence-electron chi connectivity index (χ0n) is 22.1. The number of para-hydroxylation sites is 1. The number of amides is 2. The number of nitrogens with zero attached hydrogens (tertiary/aromatic N) is 2. The summed E-state index contributed by atoms with van der Waals surface area (Å²) in [5.41, 5.74) is 5.43. The van der Waals surface area contributed by atoms with Gasteiger partial charge in [0.25, 0.3) is 11.8 Å². The van der Waals surface area contributed by atoms with E-state index in [2.05, 4.69) is 9.88 Å². The Bertz CT molecular complexity index is 1860. The van der Waals surface area contributed by atoms with Crippen molar-refractivity contribution in [1.29, 1.82) is 0 Å². The van der Waals surface area contributed by atoms with Crippen molar-refractivity contribution < 1.29 is 19.5 Å². The summed E-state index contributed by atoms with van der Waals surface area (Å²) in [6, 6.07) is 37.3. The summed E-state index contributed by atoms with van der Waals surface area (Å²) in [6.07, 6.45) is 1.59. The Hall–Kier alpha value is -5.60. The molecule has 204 valence electrons. The van der Waals surface area contributed by atoms with Crippen LogP contribution >= 0.6 is 12.2 Å². The first-order chi connectivity index (χ1) is 20.4. The summed E-state index contributed by atoms with van der Waals surface area (Å²) in [4.78, 5) is 39.6. The summed E-state index contributed by atoms with van der Waals surface area (Å²) in [7, 11) is 0. The van der Waals surface area contributed by atoms with Crippen molar-refractivity contribution in [3.8, 4) is 28.2 Å². The van der Waals surface area contributed by atoms with Crippen molar-refractivity contribution in [1.82, 2.24) is 9.88 Å². The Balaban J connectivity index is 1.56. The van der Waals surface area contributed by atoms with E-state index >= 15 is 0 Å². The fourth-order valence-corrected chi connectivity index (χ4v) is 5.28. The van der Waals surface area contributed by atoms with E-state index in [1.54, 1.807) is 6.08 Å². The lowest BCUT2D eigenvalue weighted by Crippen LogP contribution is -2.54.